The number of sulfonamides is 1. The number of carbonyl (C=O) groups excluding carboxylic acids is 1. The Morgan fingerprint density at radius 2 is 1.81 bits per heavy atom. The molecule has 0 N–H and O–H groups in total. The molecule has 0 atom stereocenters. The maximum absolute atomic E-state index is 12.9. The Kier molecular flexibility index (Phi) is 6.90. The number of carbonyl (C=O) groups is 1. The van der Waals surface area contributed by atoms with E-state index < -0.39 is 10.0 Å². The molecular weight excluding hydrogens is 346 g/mol. The fourth-order valence-electron chi connectivity index (χ4n) is 2.32. The normalized spacial score (nSPS) is 10.8. The van der Waals surface area contributed by atoms with Crippen molar-refractivity contribution in [2.24, 2.45) is 0 Å². The first kappa shape index (κ1) is 19.6. The highest BCUT2D eigenvalue weighted by molar-refractivity contribution is 7.89. The van der Waals surface area contributed by atoms with Gasteiger partial charge in [0.2, 0.25) is 10.0 Å². The first-order valence-electron chi connectivity index (χ1n) is 8.20. The first-order chi connectivity index (χ1) is 12.5. The van der Waals surface area contributed by atoms with Gasteiger partial charge in [-0.2, -0.15) is 4.31 Å². The van der Waals surface area contributed by atoms with Crippen LogP contribution in [-0.4, -0.2) is 32.1 Å². The minimum absolute atomic E-state index is 0.0389. The van der Waals surface area contributed by atoms with Crippen LogP contribution in [0.4, 0.5) is 0 Å². The van der Waals surface area contributed by atoms with Gasteiger partial charge in [0.05, 0.1) is 11.4 Å². The third-order valence-corrected chi connectivity index (χ3v) is 5.67. The molecule has 0 unspecified atom stereocenters. The Morgan fingerprint density at radius 3 is 2.46 bits per heavy atom. The van der Waals surface area contributed by atoms with E-state index >= 15 is 0 Å². The van der Waals surface area contributed by atoms with Crippen molar-refractivity contribution < 1.29 is 13.2 Å². The van der Waals surface area contributed by atoms with Crippen LogP contribution in [-0.2, 0) is 10.0 Å². The van der Waals surface area contributed by atoms with Crippen molar-refractivity contribution in [1.82, 2.24) is 4.31 Å². The highest BCUT2D eigenvalue weighted by atomic mass is 32.2. The Morgan fingerprint density at radius 1 is 1.12 bits per heavy atom. The number of nitrogens with zero attached hydrogens (tertiary/aromatic N) is 1. The molecule has 0 aliphatic rings. The Hall–Kier alpha value is -2.68. The van der Waals surface area contributed by atoms with E-state index in [1.807, 2.05) is 6.92 Å². The number of aryl methyl sites for hydroxylation is 1. The largest absolute Gasteiger partial charge is 0.298 e. The maximum atomic E-state index is 12.9. The first-order valence-corrected chi connectivity index (χ1v) is 9.64. The number of hydrogen-bond donors (Lipinski definition) is 0. The van der Waals surface area contributed by atoms with Crippen LogP contribution in [0.25, 0.3) is 0 Å². The van der Waals surface area contributed by atoms with Crippen LogP contribution in [0.15, 0.2) is 66.1 Å². The molecule has 0 spiro atoms. The summed E-state index contributed by atoms with van der Waals surface area (Å²) in [7, 11) is -3.65. The molecule has 134 valence electrons. The molecule has 4 nitrogen and oxygen atoms in total. The number of aldehydes is 1. The fourth-order valence-corrected chi connectivity index (χ4v) is 3.67. The Labute approximate surface area is 155 Å². The molecule has 0 aromatic heterocycles. The van der Waals surface area contributed by atoms with E-state index in [1.165, 1.54) is 4.31 Å². The molecule has 2 aromatic carbocycles. The van der Waals surface area contributed by atoms with Gasteiger partial charge >= 0.3 is 0 Å². The van der Waals surface area contributed by atoms with E-state index in [4.69, 9.17) is 0 Å². The second-order valence-corrected chi connectivity index (χ2v) is 7.67. The summed E-state index contributed by atoms with van der Waals surface area (Å²) in [5.41, 5.74) is 2.06. The van der Waals surface area contributed by atoms with E-state index in [0.29, 0.717) is 24.1 Å². The number of benzene rings is 2. The van der Waals surface area contributed by atoms with Gasteiger partial charge in [0.15, 0.2) is 6.29 Å². The van der Waals surface area contributed by atoms with Crippen LogP contribution >= 0.6 is 0 Å². The molecule has 0 aliphatic heterocycles. The SMILES string of the molecule is C=CCCN(CC#Cc1ccccc1C=O)S(=O)(=O)c1ccc(C)cc1. The predicted octanol–water partition coefficient (Wildman–Crippen LogP) is 3.43. The molecule has 0 heterocycles. The minimum Gasteiger partial charge on any atom is -0.298 e. The zero-order valence-corrected chi connectivity index (χ0v) is 15.5. The van der Waals surface area contributed by atoms with Crippen molar-refractivity contribution in [1.29, 1.82) is 0 Å². The van der Waals surface area contributed by atoms with Gasteiger partial charge in [-0.05, 0) is 31.5 Å². The predicted molar refractivity (Wildman–Crippen MR) is 103 cm³/mol. The summed E-state index contributed by atoms with van der Waals surface area (Å²) >= 11 is 0. The van der Waals surface area contributed by atoms with Gasteiger partial charge in [-0.1, -0.05) is 53.8 Å². The summed E-state index contributed by atoms with van der Waals surface area (Å²) in [4.78, 5) is 11.3. The van der Waals surface area contributed by atoms with Crippen molar-refractivity contribution in [3.63, 3.8) is 0 Å². The topological polar surface area (TPSA) is 54.5 Å². The highest BCUT2D eigenvalue weighted by Crippen LogP contribution is 2.16. The van der Waals surface area contributed by atoms with Crippen molar-refractivity contribution >= 4 is 16.3 Å². The van der Waals surface area contributed by atoms with E-state index in [1.54, 1.807) is 54.6 Å². The zero-order valence-electron chi connectivity index (χ0n) is 14.7. The molecule has 26 heavy (non-hydrogen) atoms. The standard InChI is InChI=1S/C21H21NO3S/c1-3-4-15-22(26(24,25)21-13-11-18(2)12-14-21)16-7-10-19-8-5-6-9-20(19)17-23/h3,5-6,8-9,11-14,17H,1,4,15-16H2,2H3. The van der Waals surface area contributed by atoms with Crippen LogP contribution in [0.3, 0.4) is 0 Å². The lowest BCUT2D eigenvalue weighted by Crippen LogP contribution is -2.32. The number of hydrogen-bond acceptors (Lipinski definition) is 3. The molecule has 0 aliphatic carbocycles. The summed E-state index contributed by atoms with van der Waals surface area (Å²) in [6, 6.07) is 13.7. The van der Waals surface area contributed by atoms with Crippen LogP contribution < -0.4 is 0 Å². The third kappa shape index (κ3) is 4.92. The number of rotatable bonds is 7. The quantitative estimate of drug-likeness (QED) is 0.428. The van der Waals surface area contributed by atoms with Crippen LogP contribution in [0.1, 0.15) is 27.9 Å². The smallest absolute Gasteiger partial charge is 0.243 e. The lowest BCUT2D eigenvalue weighted by atomic mass is 10.1. The minimum atomic E-state index is -3.65. The molecule has 0 saturated carbocycles. The van der Waals surface area contributed by atoms with E-state index in [-0.39, 0.29) is 11.4 Å². The van der Waals surface area contributed by atoms with Crippen LogP contribution in [0.5, 0.6) is 0 Å². The zero-order chi connectivity index (χ0) is 19.0. The maximum Gasteiger partial charge on any atom is 0.243 e. The molecule has 0 radical (unpaired) electrons. The highest BCUT2D eigenvalue weighted by Gasteiger charge is 2.22. The van der Waals surface area contributed by atoms with Gasteiger partial charge in [0, 0.05) is 17.7 Å². The van der Waals surface area contributed by atoms with E-state index in [9.17, 15) is 13.2 Å². The van der Waals surface area contributed by atoms with Crippen LogP contribution in [0.2, 0.25) is 0 Å². The average molecular weight is 367 g/mol. The van der Waals surface area contributed by atoms with Crippen LogP contribution in [0, 0.1) is 18.8 Å². The van der Waals surface area contributed by atoms with Crippen molar-refractivity contribution in [3.8, 4) is 11.8 Å². The van der Waals surface area contributed by atoms with Crippen molar-refractivity contribution in [2.75, 3.05) is 13.1 Å². The van der Waals surface area contributed by atoms with Gasteiger partial charge in [-0.15, -0.1) is 6.58 Å². The van der Waals surface area contributed by atoms with E-state index in [2.05, 4.69) is 18.4 Å². The molecule has 0 bridgehead atoms. The Bertz CT molecular complexity index is 935. The summed E-state index contributed by atoms with van der Waals surface area (Å²) in [5.74, 6) is 5.77. The second kappa shape index (κ2) is 9.14. The average Bonchev–Trinajstić information content (AvgIpc) is 2.65. The lowest BCUT2D eigenvalue weighted by molar-refractivity contribution is 0.112. The third-order valence-electron chi connectivity index (χ3n) is 3.81. The summed E-state index contributed by atoms with van der Waals surface area (Å²) in [6.45, 7) is 5.89. The molecule has 0 fully saturated rings. The fraction of sp³-hybridized carbons (Fsp3) is 0.190. The molecular formula is C21H21NO3S. The van der Waals surface area contributed by atoms with Gasteiger partial charge < -0.3 is 0 Å². The van der Waals surface area contributed by atoms with Crippen molar-refractivity contribution in [2.45, 2.75) is 18.2 Å². The Balaban J connectivity index is 2.28. The molecule has 0 saturated heterocycles. The summed E-state index contributed by atoms with van der Waals surface area (Å²) < 4.78 is 27.1. The van der Waals surface area contributed by atoms with Crippen molar-refractivity contribution in [3.05, 3.63) is 77.9 Å². The van der Waals surface area contributed by atoms with Gasteiger partial charge in [-0.25, -0.2) is 8.42 Å². The monoisotopic (exact) mass is 367 g/mol. The molecule has 5 heteroatoms. The van der Waals surface area contributed by atoms with Gasteiger partial charge in [-0.3, -0.25) is 4.79 Å². The molecule has 2 aromatic rings. The second-order valence-electron chi connectivity index (χ2n) is 5.74. The summed E-state index contributed by atoms with van der Waals surface area (Å²) in [6.07, 6.45) is 2.94. The lowest BCUT2D eigenvalue weighted by Gasteiger charge is -2.19. The molecule has 0 amide bonds. The van der Waals surface area contributed by atoms with Gasteiger partial charge in [0.25, 0.3) is 0 Å². The van der Waals surface area contributed by atoms with Gasteiger partial charge in [0.1, 0.15) is 0 Å². The van der Waals surface area contributed by atoms with E-state index in [0.717, 1.165) is 11.8 Å². The summed E-state index contributed by atoms with van der Waals surface area (Å²) in [5, 5.41) is 0. The molecule has 2 rings (SSSR count).